The maximum absolute atomic E-state index is 12.0. The van der Waals surface area contributed by atoms with E-state index in [9.17, 15) is 4.79 Å². The van der Waals surface area contributed by atoms with Crippen LogP contribution in [0.1, 0.15) is 33.0 Å². The topological polar surface area (TPSA) is 83.8 Å². The zero-order valence-electron chi connectivity index (χ0n) is 11.5. The predicted octanol–water partition coefficient (Wildman–Crippen LogP) is 1.08. The Hall–Kier alpha value is -1.36. The van der Waals surface area contributed by atoms with Crippen molar-refractivity contribution in [2.75, 3.05) is 13.1 Å². The Bertz CT molecular complexity index is 354. The number of aromatic nitrogens is 2. The van der Waals surface area contributed by atoms with E-state index in [1.54, 1.807) is 12.4 Å². The van der Waals surface area contributed by atoms with E-state index in [-0.39, 0.29) is 17.2 Å². The maximum Gasteiger partial charge on any atom is 0.224 e. The number of carbonyl (C=O) groups excluding carboxylic acids is 1. The minimum absolute atomic E-state index is 0.0407. The SMILES string of the molecule is CC(C)(C)CC(CN)C(=O)NCCc1ncc[nH]1. The molecule has 102 valence electrons. The Balaban J connectivity index is 2.33. The molecule has 0 aliphatic heterocycles. The smallest absolute Gasteiger partial charge is 0.224 e. The van der Waals surface area contributed by atoms with Crippen molar-refractivity contribution in [3.8, 4) is 0 Å². The maximum atomic E-state index is 12.0. The van der Waals surface area contributed by atoms with Crippen LogP contribution in [0.15, 0.2) is 12.4 Å². The lowest BCUT2D eigenvalue weighted by Gasteiger charge is -2.24. The quantitative estimate of drug-likeness (QED) is 0.708. The van der Waals surface area contributed by atoms with Crippen LogP contribution in [0.4, 0.5) is 0 Å². The van der Waals surface area contributed by atoms with E-state index >= 15 is 0 Å². The van der Waals surface area contributed by atoms with E-state index in [0.717, 1.165) is 12.2 Å². The van der Waals surface area contributed by atoms with Crippen LogP contribution in [0.5, 0.6) is 0 Å². The average Bonchev–Trinajstić information content (AvgIpc) is 2.77. The number of aromatic amines is 1. The van der Waals surface area contributed by atoms with Crippen molar-refractivity contribution in [2.24, 2.45) is 17.1 Å². The van der Waals surface area contributed by atoms with E-state index in [0.29, 0.717) is 19.5 Å². The zero-order valence-corrected chi connectivity index (χ0v) is 11.5. The molecule has 4 N–H and O–H groups in total. The van der Waals surface area contributed by atoms with Crippen LogP contribution in [-0.2, 0) is 11.2 Å². The molecule has 1 unspecified atom stereocenters. The lowest BCUT2D eigenvalue weighted by molar-refractivity contribution is -0.125. The highest BCUT2D eigenvalue weighted by atomic mass is 16.1. The second-order valence-corrected chi connectivity index (χ2v) is 5.77. The number of rotatable bonds is 6. The Morgan fingerprint density at radius 2 is 2.28 bits per heavy atom. The monoisotopic (exact) mass is 252 g/mol. The van der Waals surface area contributed by atoms with Gasteiger partial charge in [0.05, 0.1) is 5.92 Å². The molecule has 1 atom stereocenters. The molecular formula is C13H24N4O. The molecule has 5 nitrogen and oxygen atoms in total. The summed E-state index contributed by atoms with van der Waals surface area (Å²) in [6, 6.07) is 0. The summed E-state index contributed by atoms with van der Waals surface area (Å²) in [6.07, 6.45) is 5.00. The standard InChI is InChI=1S/C13H24N4O/c1-13(2,3)8-10(9-14)12(18)17-5-4-11-15-6-7-16-11/h6-7,10H,4-5,8-9,14H2,1-3H3,(H,15,16)(H,17,18). The molecule has 0 radical (unpaired) electrons. The van der Waals surface area contributed by atoms with E-state index in [1.807, 2.05) is 0 Å². The average molecular weight is 252 g/mol. The number of nitrogens with one attached hydrogen (secondary N) is 2. The summed E-state index contributed by atoms with van der Waals surface area (Å²) in [4.78, 5) is 19.1. The van der Waals surface area contributed by atoms with Gasteiger partial charge in [-0.3, -0.25) is 4.79 Å². The van der Waals surface area contributed by atoms with Gasteiger partial charge >= 0.3 is 0 Å². The summed E-state index contributed by atoms with van der Waals surface area (Å²) < 4.78 is 0. The molecule has 18 heavy (non-hydrogen) atoms. The lowest BCUT2D eigenvalue weighted by atomic mass is 9.84. The minimum atomic E-state index is -0.110. The highest BCUT2D eigenvalue weighted by molar-refractivity contribution is 5.78. The van der Waals surface area contributed by atoms with Crippen molar-refractivity contribution >= 4 is 5.91 Å². The molecule has 0 aromatic carbocycles. The van der Waals surface area contributed by atoms with Crippen molar-refractivity contribution in [1.82, 2.24) is 15.3 Å². The number of H-pyrrole nitrogens is 1. The van der Waals surface area contributed by atoms with E-state index in [4.69, 9.17) is 5.73 Å². The molecule has 1 heterocycles. The van der Waals surface area contributed by atoms with Gasteiger partial charge in [0.1, 0.15) is 5.82 Å². The van der Waals surface area contributed by atoms with Gasteiger partial charge in [0, 0.05) is 31.9 Å². The van der Waals surface area contributed by atoms with Gasteiger partial charge in [-0.2, -0.15) is 0 Å². The lowest BCUT2D eigenvalue weighted by Crippen LogP contribution is -2.38. The number of hydrogen-bond acceptors (Lipinski definition) is 3. The van der Waals surface area contributed by atoms with Crippen LogP contribution in [-0.4, -0.2) is 29.0 Å². The molecule has 1 amide bonds. The fraction of sp³-hybridized carbons (Fsp3) is 0.692. The Labute approximate surface area is 109 Å². The Kier molecular flexibility index (Phi) is 5.34. The molecule has 0 saturated carbocycles. The molecule has 1 aromatic rings. The number of carbonyl (C=O) groups is 1. The van der Waals surface area contributed by atoms with Gasteiger partial charge in [-0.05, 0) is 11.8 Å². The third-order valence-corrected chi connectivity index (χ3v) is 2.73. The second-order valence-electron chi connectivity index (χ2n) is 5.77. The summed E-state index contributed by atoms with van der Waals surface area (Å²) in [5.41, 5.74) is 5.78. The van der Waals surface area contributed by atoms with Crippen LogP contribution < -0.4 is 11.1 Å². The molecule has 5 heteroatoms. The first-order chi connectivity index (χ1) is 8.42. The third kappa shape index (κ3) is 5.31. The minimum Gasteiger partial charge on any atom is -0.355 e. The van der Waals surface area contributed by atoms with Crippen LogP contribution >= 0.6 is 0 Å². The fourth-order valence-corrected chi connectivity index (χ4v) is 1.91. The van der Waals surface area contributed by atoms with Gasteiger partial charge in [-0.25, -0.2) is 4.98 Å². The third-order valence-electron chi connectivity index (χ3n) is 2.73. The molecule has 0 spiro atoms. The van der Waals surface area contributed by atoms with Gasteiger partial charge in [0.25, 0.3) is 0 Å². The summed E-state index contributed by atoms with van der Waals surface area (Å²) in [7, 11) is 0. The number of imidazole rings is 1. The molecule has 0 fully saturated rings. The van der Waals surface area contributed by atoms with E-state index < -0.39 is 0 Å². The molecular weight excluding hydrogens is 228 g/mol. The Morgan fingerprint density at radius 3 is 2.78 bits per heavy atom. The largest absolute Gasteiger partial charge is 0.355 e. The number of hydrogen-bond donors (Lipinski definition) is 3. The predicted molar refractivity (Wildman–Crippen MR) is 71.9 cm³/mol. The van der Waals surface area contributed by atoms with Crippen molar-refractivity contribution in [3.63, 3.8) is 0 Å². The summed E-state index contributed by atoms with van der Waals surface area (Å²) >= 11 is 0. The van der Waals surface area contributed by atoms with Crippen LogP contribution in [0.3, 0.4) is 0 Å². The van der Waals surface area contributed by atoms with Gasteiger partial charge in [0.15, 0.2) is 0 Å². The summed E-state index contributed by atoms with van der Waals surface area (Å²) in [5.74, 6) is 0.816. The molecule has 0 saturated heterocycles. The molecule has 1 aromatic heterocycles. The second kappa shape index (κ2) is 6.54. The molecule has 0 bridgehead atoms. The van der Waals surface area contributed by atoms with Gasteiger partial charge in [-0.1, -0.05) is 20.8 Å². The number of nitrogens with two attached hydrogens (primary N) is 1. The number of amides is 1. The van der Waals surface area contributed by atoms with Crippen LogP contribution in [0.25, 0.3) is 0 Å². The van der Waals surface area contributed by atoms with Gasteiger partial charge < -0.3 is 16.0 Å². The van der Waals surface area contributed by atoms with Crippen molar-refractivity contribution in [2.45, 2.75) is 33.6 Å². The van der Waals surface area contributed by atoms with Gasteiger partial charge in [-0.15, -0.1) is 0 Å². The molecule has 1 rings (SSSR count). The fourth-order valence-electron chi connectivity index (χ4n) is 1.91. The summed E-state index contributed by atoms with van der Waals surface area (Å²) in [5, 5.41) is 2.92. The van der Waals surface area contributed by atoms with Crippen molar-refractivity contribution < 1.29 is 4.79 Å². The zero-order chi connectivity index (χ0) is 13.6. The molecule has 0 aliphatic carbocycles. The van der Waals surface area contributed by atoms with E-state index in [1.165, 1.54) is 0 Å². The first kappa shape index (κ1) is 14.7. The van der Waals surface area contributed by atoms with Crippen molar-refractivity contribution in [1.29, 1.82) is 0 Å². The summed E-state index contributed by atoms with van der Waals surface area (Å²) in [6.45, 7) is 7.33. The Morgan fingerprint density at radius 1 is 1.56 bits per heavy atom. The highest BCUT2D eigenvalue weighted by Gasteiger charge is 2.23. The van der Waals surface area contributed by atoms with E-state index in [2.05, 4.69) is 36.1 Å². The first-order valence-corrected chi connectivity index (χ1v) is 6.38. The molecule has 0 aliphatic rings. The normalized spacial score (nSPS) is 13.3. The number of nitrogens with zero attached hydrogens (tertiary/aromatic N) is 1. The van der Waals surface area contributed by atoms with Crippen LogP contribution in [0, 0.1) is 11.3 Å². The first-order valence-electron chi connectivity index (χ1n) is 6.38. The highest BCUT2D eigenvalue weighted by Crippen LogP contribution is 2.23. The van der Waals surface area contributed by atoms with Crippen molar-refractivity contribution in [3.05, 3.63) is 18.2 Å². The van der Waals surface area contributed by atoms with Crippen LogP contribution in [0.2, 0.25) is 0 Å². The van der Waals surface area contributed by atoms with Gasteiger partial charge in [0.2, 0.25) is 5.91 Å².